The molecule has 0 aliphatic heterocycles. The molecule has 0 aromatic carbocycles. The van der Waals surface area contributed by atoms with Crippen molar-refractivity contribution in [2.75, 3.05) is 6.61 Å². The topological polar surface area (TPSA) is 69.7 Å². The average molecular weight is 270 g/mol. The second kappa shape index (κ2) is 6.17. The second-order valence-electron chi connectivity index (χ2n) is 5.84. The van der Waals surface area contributed by atoms with Gasteiger partial charge in [-0.05, 0) is 40.0 Å². The van der Waals surface area contributed by atoms with Gasteiger partial charge in [-0.1, -0.05) is 0 Å². The van der Waals surface area contributed by atoms with Crippen LogP contribution in [0.15, 0.2) is 0 Å². The van der Waals surface area contributed by atoms with Gasteiger partial charge in [0.15, 0.2) is 0 Å². The van der Waals surface area contributed by atoms with Gasteiger partial charge in [0.25, 0.3) is 0 Å². The number of rotatable bonds is 6. The molecule has 0 amide bonds. The maximum Gasteiger partial charge on any atom is 0.313 e. The quantitative estimate of drug-likeness (QED) is 0.544. The molecule has 1 fully saturated rings. The Morgan fingerprint density at radius 2 is 1.79 bits per heavy atom. The minimum Gasteiger partial charge on any atom is -0.466 e. The summed E-state index contributed by atoms with van der Waals surface area (Å²) in [6.45, 7) is 7.40. The predicted molar refractivity (Wildman–Crippen MR) is 68.3 cm³/mol. The number of carbonyl (C=O) groups is 3. The predicted octanol–water partition coefficient (Wildman–Crippen LogP) is 1.88. The maximum absolute atomic E-state index is 11.7. The summed E-state index contributed by atoms with van der Waals surface area (Å²) in [5.41, 5.74) is -0.504. The normalized spacial score (nSPS) is 21.7. The zero-order chi connectivity index (χ0) is 14.6. The Kier molecular flexibility index (Phi) is 5.09. The van der Waals surface area contributed by atoms with Crippen LogP contribution in [0.25, 0.3) is 0 Å². The van der Waals surface area contributed by atoms with E-state index in [0.29, 0.717) is 6.42 Å². The minimum atomic E-state index is -0.504. The molecule has 0 saturated heterocycles. The molecule has 108 valence electrons. The van der Waals surface area contributed by atoms with Crippen molar-refractivity contribution in [2.24, 2.45) is 11.8 Å². The number of hydrogen-bond donors (Lipinski definition) is 0. The number of esters is 2. The van der Waals surface area contributed by atoms with E-state index in [9.17, 15) is 14.4 Å². The summed E-state index contributed by atoms with van der Waals surface area (Å²) in [4.78, 5) is 34.5. The summed E-state index contributed by atoms with van der Waals surface area (Å²) in [6.07, 6.45) is 0.720. The number of hydrogen-bond acceptors (Lipinski definition) is 5. The first-order valence-electron chi connectivity index (χ1n) is 6.63. The molecule has 0 aromatic rings. The summed E-state index contributed by atoms with van der Waals surface area (Å²) >= 11 is 0. The fourth-order valence-corrected chi connectivity index (χ4v) is 1.95. The van der Waals surface area contributed by atoms with Crippen molar-refractivity contribution in [1.82, 2.24) is 0 Å². The van der Waals surface area contributed by atoms with E-state index >= 15 is 0 Å². The van der Waals surface area contributed by atoms with Gasteiger partial charge in [0.05, 0.1) is 6.61 Å². The van der Waals surface area contributed by atoms with Gasteiger partial charge >= 0.3 is 11.9 Å². The Morgan fingerprint density at radius 3 is 2.32 bits per heavy atom. The zero-order valence-electron chi connectivity index (χ0n) is 12.0. The van der Waals surface area contributed by atoms with Crippen molar-refractivity contribution in [1.29, 1.82) is 0 Å². The smallest absolute Gasteiger partial charge is 0.313 e. The van der Waals surface area contributed by atoms with Gasteiger partial charge < -0.3 is 9.47 Å². The fourth-order valence-electron chi connectivity index (χ4n) is 1.95. The highest BCUT2D eigenvalue weighted by molar-refractivity contribution is 5.98. The molecule has 5 nitrogen and oxygen atoms in total. The van der Waals surface area contributed by atoms with Crippen molar-refractivity contribution in [3.05, 3.63) is 0 Å². The minimum absolute atomic E-state index is 0.0248. The van der Waals surface area contributed by atoms with Crippen LogP contribution >= 0.6 is 0 Å². The zero-order valence-corrected chi connectivity index (χ0v) is 12.0. The Hall–Kier alpha value is -1.39. The van der Waals surface area contributed by atoms with Gasteiger partial charge in [0, 0.05) is 12.3 Å². The molecule has 0 bridgehead atoms. The van der Waals surface area contributed by atoms with Crippen LogP contribution in [0.5, 0.6) is 0 Å². The lowest BCUT2D eigenvalue weighted by atomic mass is 10.1. The molecule has 0 spiro atoms. The van der Waals surface area contributed by atoms with Crippen molar-refractivity contribution >= 4 is 17.7 Å². The van der Waals surface area contributed by atoms with Gasteiger partial charge in [0.1, 0.15) is 17.8 Å². The first-order valence-corrected chi connectivity index (χ1v) is 6.63. The van der Waals surface area contributed by atoms with E-state index in [0.717, 1.165) is 0 Å². The van der Waals surface area contributed by atoms with Gasteiger partial charge in [0.2, 0.25) is 0 Å². The van der Waals surface area contributed by atoms with Gasteiger partial charge in [-0.3, -0.25) is 14.4 Å². The van der Waals surface area contributed by atoms with E-state index in [-0.39, 0.29) is 43.0 Å². The van der Waals surface area contributed by atoms with Crippen LogP contribution in [-0.4, -0.2) is 29.9 Å². The van der Waals surface area contributed by atoms with Crippen molar-refractivity contribution in [3.63, 3.8) is 0 Å². The number of carbonyl (C=O) groups excluding carboxylic acids is 3. The average Bonchev–Trinajstić information content (AvgIpc) is 2.93. The van der Waals surface area contributed by atoms with Crippen LogP contribution in [0.1, 0.15) is 47.0 Å². The van der Waals surface area contributed by atoms with Crippen molar-refractivity contribution in [2.45, 2.75) is 52.6 Å². The summed E-state index contributed by atoms with van der Waals surface area (Å²) in [7, 11) is 0. The third kappa shape index (κ3) is 5.85. The first-order chi connectivity index (χ1) is 8.73. The largest absolute Gasteiger partial charge is 0.466 e. The standard InChI is InChI=1S/C14H22O5/c1-5-18-12(16)8-11(15)10-6-9(10)7-13(17)19-14(2,3)4/h9-10H,5-8H2,1-4H3. The van der Waals surface area contributed by atoms with E-state index in [1.165, 1.54) is 0 Å². The van der Waals surface area contributed by atoms with Crippen LogP contribution in [0.4, 0.5) is 0 Å². The Bertz CT molecular complexity index is 367. The van der Waals surface area contributed by atoms with Gasteiger partial charge in [-0.15, -0.1) is 0 Å². The van der Waals surface area contributed by atoms with E-state index in [2.05, 4.69) is 0 Å². The Labute approximate surface area is 113 Å². The van der Waals surface area contributed by atoms with Crippen LogP contribution in [0.3, 0.4) is 0 Å². The molecule has 0 heterocycles. The molecular weight excluding hydrogens is 248 g/mol. The highest BCUT2D eigenvalue weighted by Crippen LogP contribution is 2.43. The van der Waals surface area contributed by atoms with Crippen LogP contribution in [0.2, 0.25) is 0 Å². The summed E-state index contributed by atoms with van der Waals surface area (Å²) in [6, 6.07) is 0. The van der Waals surface area contributed by atoms with Crippen LogP contribution in [-0.2, 0) is 23.9 Å². The molecule has 1 saturated carbocycles. The van der Waals surface area contributed by atoms with E-state index in [4.69, 9.17) is 9.47 Å². The molecule has 1 aliphatic carbocycles. The van der Waals surface area contributed by atoms with Gasteiger partial charge in [-0.2, -0.15) is 0 Å². The molecule has 0 aromatic heterocycles. The molecule has 0 radical (unpaired) electrons. The highest BCUT2D eigenvalue weighted by Gasteiger charge is 2.44. The molecule has 2 atom stereocenters. The second-order valence-corrected chi connectivity index (χ2v) is 5.84. The van der Waals surface area contributed by atoms with Crippen LogP contribution in [0, 0.1) is 11.8 Å². The maximum atomic E-state index is 11.7. The fraction of sp³-hybridized carbons (Fsp3) is 0.786. The lowest BCUT2D eigenvalue weighted by molar-refractivity contribution is -0.155. The lowest BCUT2D eigenvalue weighted by Crippen LogP contribution is -2.24. The molecule has 19 heavy (non-hydrogen) atoms. The number of ketones is 1. The third-order valence-electron chi connectivity index (χ3n) is 2.81. The summed E-state index contributed by atoms with van der Waals surface area (Å²) in [5.74, 6) is -1.07. The molecule has 1 aliphatic rings. The summed E-state index contributed by atoms with van der Waals surface area (Å²) < 4.78 is 9.92. The molecule has 2 unspecified atom stereocenters. The number of ether oxygens (including phenoxy) is 2. The SMILES string of the molecule is CCOC(=O)CC(=O)C1CC1CC(=O)OC(C)(C)C. The lowest BCUT2D eigenvalue weighted by Gasteiger charge is -2.19. The summed E-state index contributed by atoms with van der Waals surface area (Å²) in [5, 5.41) is 0. The Morgan fingerprint density at radius 1 is 1.16 bits per heavy atom. The van der Waals surface area contributed by atoms with E-state index < -0.39 is 11.6 Å². The van der Waals surface area contributed by atoms with E-state index in [1.807, 2.05) is 0 Å². The van der Waals surface area contributed by atoms with Crippen molar-refractivity contribution < 1.29 is 23.9 Å². The Balaban J connectivity index is 2.29. The monoisotopic (exact) mass is 270 g/mol. The third-order valence-corrected chi connectivity index (χ3v) is 2.81. The molecular formula is C14H22O5. The van der Waals surface area contributed by atoms with Gasteiger partial charge in [-0.25, -0.2) is 0 Å². The molecule has 0 N–H and O–H groups in total. The first kappa shape index (κ1) is 15.7. The van der Waals surface area contributed by atoms with Crippen molar-refractivity contribution in [3.8, 4) is 0 Å². The molecule has 1 rings (SSSR count). The highest BCUT2D eigenvalue weighted by atomic mass is 16.6. The molecule has 5 heteroatoms. The van der Waals surface area contributed by atoms with E-state index in [1.54, 1.807) is 27.7 Å². The van der Waals surface area contributed by atoms with Crippen LogP contribution < -0.4 is 0 Å². The number of Topliss-reactive ketones (excluding diaryl/α,β-unsaturated/α-hetero) is 1.